The van der Waals surface area contributed by atoms with E-state index in [0.717, 1.165) is 32.1 Å². The van der Waals surface area contributed by atoms with Crippen LogP contribution in [0.4, 0.5) is 0 Å². The maximum Gasteiger partial charge on any atom is 0.255 e. The normalized spacial score (nSPS) is 27.0. The van der Waals surface area contributed by atoms with Crippen molar-refractivity contribution in [2.24, 2.45) is 40.7 Å². The molecule has 9 heteroatoms. The van der Waals surface area contributed by atoms with Gasteiger partial charge in [-0.2, -0.15) is 0 Å². The van der Waals surface area contributed by atoms with Gasteiger partial charge in [0.05, 0.1) is 30.2 Å². The predicted octanol–water partition coefficient (Wildman–Crippen LogP) is 4.77. The fourth-order valence-electron chi connectivity index (χ4n) is 7.74. The molecule has 4 aliphatic carbocycles. The maximum atomic E-state index is 13.5. The van der Waals surface area contributed by atoms with E-state index in [-0.39, 0.29) is 35.6 Å². The zero-order valence-corrected chi connectivity index (χ0v) is 25.8. The minimum atomic E-state index is -0.949. The Bertz CT molecular complexity index is 986. The van der Waals surface area contributed by atoms with Gasteiger partial charge in [-0.05, 0) is 99.5 Å². The highest BCUT2D eigenvalue weighted by molar-refractivity contribution is 6.22. The van der Waals surface area contributed by atoms with Crippen molar-refractivity contribution in [3.8, 4) is 5.75 Å². The molecule has 1 aromatic carbocycles. The van der Waals surface area contributed by atoms with Crippen LogP contribution in [0, 0.1) is 35.0 Å². The Hall–Kier alpha value is -1.87. The van der Waals surface area contributed by atoms with E-state index in [1.54, 1.807) is 19.2 Å². The number of nitrogens with zero attached hydrogens (tertiary/aromatic N) is 1. The molecule has 8 nitrogen and oxygen atoms in total. The maximum absolute atomic E-state index is 13.5. The first kappa shape index (κ1) is 32.1. The van der Waals surface area contributed by atoms with Crippen molar-refractivity contribution in [2.45, 2.75) is 83.8 Å². The monoisotopic (exact) mass is 591 g/mol. The molecule has 4 aliphatic rings. The van der Waals surface area contributed by atoms with Crippen LogP contribution in [0.25, 0.3) is 0 Å². The zero-order valence-electron chi connectivity index (χ0n) is 25.0. The van der Waals surface area contributed by atoms with Crippen LogP contribution in [0.3, 0.4) is 0 Å². The molecule has 2 amide bonds. The van der Waals surface area contributed by atoms with Gasteiger partial charge in [0, 0.05) is 38.1 Å². The fraction of sp³-hybridized carbons (Fsp3) is 0.750. The van der Waals surface area contributed by atoms with E-state index in [9.17, 15) is 14.7 Å². The molecule has 0 unspecified atom stereocenters. The third kappa shape index (κ3) is 8.15. The minimum Gasteiger partial charge on any atom is -0.493 e. The van der Waals surface area contributed by atoms with E-state index in [1.165, 1.54) is 23.7 Å². The smallest absolute Gasteiger partial charge is 0.255 e. The molecular formula is C32H50ClN3O5. The van der Waals surface area contributed by atoms with Gasteiger partial charge in [0.15, 0.2) is 0 Å². The van der Waals surface area contributed by atoms with Crippen LogP contribution in [-0.4, -0.2) is 66.9 Å². The predicted molar refractivity (Wildman–Crippen MR) is 160 cm³/mol. The molecule has 0 aromatic heterocycles. The number of carbonyl (C=O) groups excluding carboxylic acids is 2. The lowest BCUT2D eigenvalue weighted by Crippen LogP contribution is -2.54. The summed E-state index contributed by atoms with van der Waals surface area (Å²) in [4.78, 5) is 26.6. The summed E-state index contributed by atoms with van der Waals surface area (Å²) in [5.41, 5.74) is 6.59. The lowest BCUT2D eigenvalue weighted by Gasteiger charge is -2.56. The van der Waals surface area contributed by atoms with E-state index in [1.807, 2.05) is 12.1 Å². The highest BCUT2D eigenvalue weighted by atomic mass is 35.5. The number of nitrogens with one attached hydrogen (secondary N) is 1. The van der Waals surface area contributed by atoms with Crippen LogP contribution in [0.5, 0.6) is 5.75 Å². The second-order valence-corrected chi connectivity index (χ2v) is 13.7. The Kier molecular flexibility index (Phi) is 11.4. The summed E-state index contributed by atoms with van der Waals surface area (Å²) < 4.78 is 12.2. The second-order valence-electron chi connectivity index (χ2n) is 13.3. The molecule has 5 rings (SSSR count). The molecule has 230 valence electrons. The first-order valence-corrected chi connectivity index (χ1v) is 15.9. The van der Waals surface area contributed by atoms with Crippen LogP contribution in [0.2, 0.25) is 0 Å². The topological polar surface area (TPSA) is 114 Å². The van der Waals surface area contributed by atoms with Gasteiger partial charge < -0.3 is 25.6 Å². The molecule has 3 atom stereocenters. The van der Waals surface area contributed by atoms with Crippen molar-refractivity contribution in [3.05, 3.63) is 29.8 Å². The van der Waals surface area contributed by atoms with E-state index < -0.39 is 12.1 Å². The third-order valence-electron chi connectivity index (χ3n) is 9.73. The van der Waals surface area contributed by atoms with E-state index in [0.29, 0.717) is 55.2 Å². The van der Waals surface area contributed by atoms with Gasteiger partial charge in [-0.3, -0.25) is 14.0 Å². The number of hydrogen-bond acceptors (Lipinski definition) is 6. The van der Waals surface area contributed by atoms with Gasteiger partial charge in [0.2, 0.25) is 5.91 Å². The van der Waals surface area contributed by atoms with E-state index >= 15 is 0 Å². The largest absolute Gasteiger partial charge is 0.493 e. The number of hydrogen-bond donors (Lipinski definition) is 3. The Morgan fingerprint density at radius 1 is 1.10 bits per heavy atom. The number of nitrogens with two attached hydrogens (primary N) is 1. The van der Waals surface area contributed by atoms with Crippen LogP contribution in [0.15, 0.2) is 24.3 Å². The summed E-state index contributed by atoms with van der Waals surface area (Å²) in [5, 5.41) is 14.0. The van der Waals surface area contributed by atoms with Crippen molar-refractivity contribution < 1.29 is 24.2 Å². The van der Waals surface area contributed by atoms with Gasteiger partial charge in [-0.15, -0.1) is 0 Å². The van der Waals surface area contributed by atoms with Crippen molar-refractivity contribution in [1.29, 1.82) is 0 Å². The van der Waals surface area contributed by atoms with Crippen LogP contribution in [-0.2, 0) is 9.53 Å². The van der Waals surface area contributed by atoms with Gasteiger partial charge in [-0.25, -0.2) is 0 Å². The van der Waals surface area contributed by atoms with Gasteiger partial charge in [0.25, 0.3) is 5.91 Å². The van der Waals surface area contributed by atoms with Crippen molar-refractivity contribution in [1.82, 2.24) is 9.74 Å². The molecule has 0 saturated heterocycles. The average molecular weight is 592 g/mol. The summed E-state index contributed by atoms with van der Waals surface area (Å²) in [6.07, 6.45) is 7.83. The molecule has 4 saturated carbocycles. The molecule has 1 aromatic rings. The number of para-hydroxylation sites is 1. The Balaban J connectivity index is 1.27. The molecule has 0 heterocycles. The highest BCUT2D eigenvalue weighted by Crippen LogP contribution is 2.60. The molecule has 4 N–H and O–H groups in total. The molecule has 0 spiro atoms. The minimum absolute atomic E-state index is 0.00950. The number of unbranched alkanes of at least 4 members (excludes halogenated alkanes) is 1. The highest BCUT2D eigenvalue weighted by Gasteiger charge is 2.55. The first-order chi connectivity index (χ1) is 19.6. The first-order valence-electron chi connectivity index (χ1n) is 15.5. The number of aliphatic hydroxyl groups excluding tert-OH is 1. The zero-order chi connectivity index (χ0) is 29.6. The molecule has 4 bridgehead atoms. The Labute approximate surface area is 250 Å². The number of ether oxygens (including phenoxy) is 2. The summed E-state index contributed by atoms with van der Waals surface area (Å²) in [7, 11) is 1.68. The number of amides is 2. The van der Waals surface area contributed by atoms with E-state index in [2.05, 4.69) is 19.2 Å². The van der Waals surface area contributed by atoms with Gasteiger partial charge >= 0.3 is 0 Å². The van der Waals surface area contributed by atoms with Gasteiger partial charge in [-0.1, -0.05) is 26.0 Å². The number of carbonyl (C=O) groups is 2. The Morgan fingerprint density at radius 2 is 1.71 bits per heavy atom. The SMILES string of the molecule is COCCCCOc1ccccc1C(=O)NC[C@@H](C[C@H](N)[C@@H](O)CN(Cl)C(=O)C12CC3CC(CC(C3)C1)C2)C(C)C. The standard InChI is InChI=1S/C32H50ClN3O5/c1-21(2)25(19-35-30(38)26-8-4-5-9-29(26)41-11-7-6-10-40-3)15-27(34)28(37)20-36(33)31(39)32-16-22-12-23(17-32)14-24(13-22)18-32/h4-5,8-9,21-25,27-28,37H,6-7,10-20,34H2,1-3H3,(H,35,38)/t22?,23?,24?,25-,27+,28+,32?/m1/s1. The molecule has 41 heavy (non-hydrogen) atoms. The number of aliphatic hydroxyl groups is 1. The lowest BCUT2D eigenvalue weighted by atomic mass is 9.49. The van der Waals surface area contributed by atoms with Crippen LogP contribution in [0.1, 0.15) is 82.0 Å². The summed E-state index contributed by atoms with van der Waals surface area (Å²) in [6.45, 7) is 5.78. The van der Waals surface area contributed by atoms with Crippen LogP contribution >= 0.6 is 11.8 Å². The van der Waals surface area contributed by atoms with Gasteiger partial charge in [0.1, 0.15) is 5.75 Å². The number of methoxy groups -OCH3 is 1. The van der Waals surface area contributed by atoms with Crippen LogP contribution < -0.4 is 15.8 Å². The molecule has 0 radical (unpaired) electrons. The Morgan fingerprint density at radius 3 is 2.32 bits per heavy atom. The summed E-state index contributed by atoms with van der Waals surface area (Å²) in [6, 6.07) is 6.66. The molecule has 4 fully saturated rings. The summed E-state index contributed by atoms with van der Waals surface area (Å²) in [5.74, 6) is 2.51. The fourth-order valence-corrected chi connectivity index (χ4v) is 8.06. The quantitative estimate of drug-likeness (QED) is 0.188. The molecular weight excluding hydrogens is 542 g/mol. The second kappa shape index (κ2) is 14.5. The van der Waals surface area contributed by atoms with Crippen molar-refractivity contribution in [2.75, 3.05) is 33.4 Å². The number of halogens is 1. The van der Waals surface area contributed by atoms with Crippen molar-refractivity contribution in [3.63, 3.8) is 0 Å². The lowest BCUT2D eigenvalue weighted by molar-refractivity contribution is -0.153. The summed E-state index contributed by atoms with van der Waals surface area (Å²) >= 11 is 6.54. The number of rotatable bonds is 16. The average Bonchev–Trinajstić information content (AvgIpc) is 2.93. The number of benzene rings is 1. The third-order valence-corrected chi connectivity index (χ3v) is 10.0. The van der Waals surface area contributed by atoms with Crippen molar-refractivity contribution >= 4 is 23.6 Å². The van der Waals surface area contributed by atoms with E-state index in [4.69, 9.17) is 27.0 Å². The molecule has 0 aliphatic heterocycles.